The molecule has 1 N–H and O–H groups in total. The summed E-state index contributed by atoms with van der Waals surface area (Å²) < 4.78 is 5.40. The van der Waals surface area contributed by atoms with Crippen LogP contribution in [0.3, 0.4) is 0 Å². The van der Waals surface area contributed by atoms with Crippen molar-refractivity contribution in [1.82, 2.24) is 5.32 Å². The van der Waals surface area contributed by atoms with Crippen molar-refractivity contribution >= 4 is 0 Å². The van der Waals surface area contributed by atoms with Gasteiger partial charge in [-0.2, -0.15) is 0 Å². The van der Waals surface area contributed by atoms with E-state index in [0.29, 0.717) is 5.41 Å². The van der Waals surface area contributed by atoms with Crippen molar-refractivity contribution in [2.24, 2.45) is 5.41 Å². The second-order valence-electron chi connectivity index (χ2n) is 4.29. The molecule has 0 aromatic heterocycles. The molecule has 0 saturated carbocycles. The first-order valence-electron chi connectivity index (χ1n) is 6.53. The van der Waals surface area contributed by atoms with E-state index in [-0.39, 0.29) is 0 Å². The summed E-state index contributed by atoms with van der Waals surface area (Å²) in [5.41, 5.74) is 0.493. The van der Waals surface area contributed by atoms with Gasteiger partial charge in [-0.05, 0) is 44.6 Å². The zero-order valence-electron chi connectivity index (χ0n) is 11.1. The molecule has 0 aliphatic rings. The van der Waals surface area contributed by atoms with Crippen molar-refractivity contribution in [3.8, 4) is 0 Å². The van der Waals surface area contributed by atoms with Gasteiger partial charge in [-0.1, -0.05) is 20.8 Å². The number of ether oxygens (including phenoxy) is 1. The lowest BCUT2D eigenvalue weighted by molar-refractivity contribution is 0.123. The van der Waals surface area contributed by atoms with Crippen molar-refractivity contribution in [2.75, 3.05) is 26.3 Å². The van der Waals surface area contributed by atoms with Crippen LogP contribution in [0.1, 0.15) is 53.4 Å². The second kappa shape index (κ2) is 9.17. The highest BCUT2D eigenvalue weighted by molar-refractivity contribution is 4.78. The van der Waals surface area contributed by atoms with E-state index in [0.717, 1.165) is 26.3 Å². The lowest BCUT2D eigenvalue weighted by Gasteiger charge is -2.32. The van der Waals surface area contributed by atoms with Gasteiger partial charge in [0.2, 0.25) is 0 Å². The molecular formula is C13H29NO. The first kappa shape index (κ1) is 14.9. The van der Waals surface area contributed by atoms with E-state index in [1.807, 2.05) is 0 Å². The van der Waals surface area contributed by atoms with Gasteiger partial charge in [0, 0.05) is 19.8 Å². The van der Waals surface area contributed by atoms with E-state index in [1.165, 1.54) is 25.7 Å². The quantitative estimate of drug-likeness (QED) is 0.565. The Hall–Kier alpha value is -0.0800. The largest absolute Gasteiger partial charge is 0.382 e. The van der Waals surface area contributed by atoms with Gasteiger partial charge in [-0.15, -0.1) is 0 Å². The number of rotatable bonds is 10. The summed E-state index contributed by atoms with van der Waals surface area (Å²) in [6.07, 6.45) is 5.01. The zero-order chi connectivity index (χ0) is 11.6. The Morgan fingerprint density at radius 1 is 1.07 bits per heavy atom. The maximum atomic E-state index is 5.40. The third-order valence-electron chi connectivity index (χ3n) is 3.45. The Labute approximate surface area is 95.8 Å². The van der Waals surface area contributed by atoms with Gasteiger partial charge in [-0.25, -0.2) is 0 Å². The van der Waals surface area contributed by atoms with Crippen LogP contribution in [0.15, 0.2) is 0 Å². The lowest BCUT2D eigenvalue weighted by atomic mass is 9.78. The monoisotopic (exact) mass is 215 g/mol. The van der Waals surface area contributed by atoms with Crippen LogP contribution in [0, 0.1) is 5.41 Å². The Balaban J connectivity index is 3.88. The van der Waals surface area contributed by atoms with Gasteiger partial charge in [-0.3, -0.25) is 0 Å². The van der Waals surface area contributed by atoms with Crippen LogP contribution in [0.5, 0.6) is 0 Å². The van der Waals surface area contributed by atoms with Crippen LogP contribution in [-0.4, -0.2) is 26.3 Å². The molecule has 0 bridgehead atoms. The summed E-state index contributed by atoms with van der Waals surface area (Å²) in [5.74, 6) is 0. The minimum atomic E-state index is 0.493. The van der Waals surface area contributed by atoms with Crippen molar-refractivity contribution in [1.29, 1.82) is 0 Å². The van der Waals surface area contributed by atoms with Crippen molar-refractivity contribution in [3.63, 3.8) is 0 Å². The Kier molecular flexibility index (Phi) is 9.12. The molecular weight excluding hydrogens is 186 g/mol. The van der Waals surface area contributed by atoms with Crippen molar-refractivity contribution in [2.45, 2.75) is 53.4 Å². The predicted molar refractivity (Wildman–Crippen MR) is 67.3 cm³/mol. The molecule has 0 unspecified atom stereocenters. The molecule has 0 aromatic carbocycles. The first-order chi connectivity index (χ1) is 7.24. The Bertz CT molecular complexity index is 132. The van der Waals surface area contributed by atoms with Crippen molar-refractivity contribution < 1.29 is 4.74 Å². The second-order valence-corrected chi connectivity index (χ2v) is 4.29. The number of hydrogen-bond acceptors (Lipinski definition) is 2. The summed E-state index contributed by atoms with van der Waals surface area (Å²) in [7, 11) is 0. The molecule has 0 saturated heterocycles. The molecule has 0 heterocycles. The molecule has 92 valence electrons. The Morgan fingerprint density at radius 3 is 2.20 bits per heavy atom. The SMILES string of the molecule is CCNCC(CC)(CC)CCCOCC. The summed E-state index contributed by atoms with van der Waals surface area (Å²) in [5, 5.41) is 3.49. The van der Waals surface area contributed by atoms with Crippen LogP contribution < -0.4 is 5.32 Å². The highest BCUT2D eigenvalue weighted by atomic mass is 16.5. The van der Waals surface area contributed by atoms with Gasteiger partial charge < -0.3 is 10.1 Å². The van der Waals surface area contributed by atoms with Crippen LogP contribution in [0.25, 0.3) is 0 Å². The first-order valence-corrected chi connectivity index (χ1v) is 6.53. The number of nitrogens with one attached hydrogen (secondary N) is 1. The van der Waals surface area contributed by atoms with Gasteiger partial charge in [0.25, 0.3) is 0 Å². The molecule has 0 aliphatic carbocycles. The van der Waals surface area contributed by atoms with Gasteiger partial charge in [0.1, 0.15) is 0 Å². The molecule has 15 heavy (non-hydrogen) atoms. The minimum Gasteiger partial charge on any atom is -0.382 e. The third-order valence-corrected chi connectivity index (χ3v) is 3.45. The maximum Gasteiger partial charge on any atom is 0.0466 e. The topological polar surface area (TPSA) is 21.3 Å². The molecule has 0 radical (unpaired) electrons. The Morgan fingerprint density at radius 2 is 1.73 bits per heavy atom. The summed E-state index contributed by atoms with van der Waals surface area (Å²) >= 11 is 0. The van der Waals surface area contributed by atoms with E-state index >= 15 is 0 Å². The fourth-order valence-electron chi connectivity index (χ4n) is 2.03. The lowest BCUT2D eigenvalue weighted by Crippen LogP contribution is -2.33. The van der Waals surface area contributed by atoms with E-state index in [4.69, 9.17) is 4.74 Å². The van der Waals surface area contributed by atoms with Crippen LogP contribution in [0.2, 0.25) is 0 Å². The highest BCUT2D eigenvalue weighted by Crippen LogP contribution is 2.31. The smallest absolute Gasteiger partial charge is 0.0466 e. The predicted octanol–water partition coefficient (Wildman–Crippen LogP) is 3.22. The standard InChI is InChI=1S/C13H29NO/c1-5-13(6-2,12-14-7-3)10-9-11-15-8-4/h14H,5-12H2,1-4H3. The maximum absolute atomic E-state index is 5.40. The third kappa shape index (κ3) is 6.16. The molecule has 0 amide bonds. The highest BCUT2D eigenvalue weighted by Gasteiger charge is 2.24. The molecule has 0 fully saturated rings. The fraction of sp³-hybridized carbons (Fsp3) is 1.00. The zero-order valence-corrected chi connectivity index (χ0v) is 11.1. The molecule has 0 atom stereocenters. The van der Waals surface area contributed by atoms with Crippen LogP contribution >= 0.6 is 0 Å². The molecule has 0 aromatic rings. The summed E-state index contributed by atoms with van der Waals surface area (Å²) in [4.78, 5) is 0. The van der Waals surface area contributed by atoms with E-state index in [2.05, 4.69) is 33.0 Å². The van der Waals surface area contributed by atoms with Crippen molar-refractivity contribution in [3.05, 3.63) is 0 Å². The van der Waals surface area contributed by atoms with E-state index in [1.54, 1.807) is 0 Å². The average Bonchev–Trinajstić information content (AvgIpc) is 2.29. The molecule has 0 aliphatic heterocycles. The number of hydrogen-bond donors (Lipinski definition) is 1. The molecule has 2 heteroatoms. The van der Waals surface area contributed by atoms with Gasteiger partial charge in [0.15, 0.2) is 0 Å². The molecule has 0 spiro atoms. The van der Waals surface area contributed by atoms with E-state index < -0.39 is 0 Å². The van der Waals surface area contributed by atoms with Crippen LogP contribution in [0.4, 0.5) is 0 Å². The molecule has 2 nitrogen and oxygen atoms in total. The van der Waals surface area contributed by atoms with E-state index in [9.17, 15) is 0 Å². The van der Waals surface area contributed by atoms with Gasteiger partial charge in [0.05, 0.1) is 0 Å². The van der Waals surface area contributed by atoms with Gasteiger partial charge >= 0.3 is 0 Å². The minimum absolute atomic E-state index is 0.493. The fourth-order valence-corrected chi connectivity index (χ4v) is 2.03. The molecule has 0 rings (SSSR count). The average molecular weight is 215 g/mol. The summed E-state index contributed by atoms with van der Waals surface area (Å²) in [6, 6.07) is 0. The van der Waals surface area contributed by atoms with Crippen LogP contribution in [-0.2, 0) is 4.74 Å². The summed E-state index contributed by atoms with van der Waals surface area (Å²) in [6.45, 7) is 12.9. The normalized spacial score (nSPS) is 12.0.